The van der Waals surface area contributed by atoms with E-state index in [4.69, 9.17) is 9.84 Å². The predicted molar refractivity (Wildman–Crippen MR) is 64.6 cm³/mol. The number of carboxylic acids is 1. The highest BCUT2D eigenvalue weighted by molar-refractivity contribution is 6.04. The van der Waals surface area contributed by atoms with Crippen LogP contribution >= 0.6 is 0 Å². The molecule has 20 heavy (non-hydrogen) atoms. The Morgan fingerprint density at radius 3 is 2.50 bits per heavy atom. The second-order valence-electron chi connectivity index (χ2n) is 4.56. The van der Waals surface area contributed by atoms with Crippen LogP contribution in [0.1, 0.15) is 27.1 Å². The molecule has 1 aromatic carbocycles. The van der Waals surface area contributed by atoms with Crippen LogP contribution in [-0.4, -0.2) is 36.7 Å². The highest BCUT2D eigenvalue weighted by Gasteiger charge is 2.22. The summed E-state index contributed by atoms with van der Waals surface area (Å²) in [6.07, 6.45) is 0.795. The number of carboxylic acid groups (broad SMARTS) is 1. The van der Waals surface area contributed by atoms with E-state index < -0.39 is 34.6 Å². The van der Waals surface area contributed by atoms with Crippen LogP contribution in [0.2, 0.25) is 0 Å². The summed E-state index contributed by atoms with van der Waals surface area (Å²) < 4.78 is 31.3. The van der Waals surface area contributed by atoms with Gasteiger partial charge in [-0.05, 0) is 18.6 Å². The van der Waals surface area contributed by atoms with Crippen molar-refractivity contribution >= 4 is 11.9 Å². The molecular weight excluding hydrogens is 272 g/mol. The van der Waals surface area contributed by atoms with Gasteiger partial charge in [-0.2, -0.15) is 0 Å². The van der Waals surface area contributed by atoms with Gasteiger partial charge in [0.15, 0.2) is 11.6 Å². The van der Waals surface area contributed by atoms with Crippen molar-refractivity contribution in [2.24, 2.45) is 5.92 Å². The number of carbonyl (C=O) groups excluding carboxylic acids is 1. The Balaban J connectivity index is 2.15. The zero-order valence-corrected chi connectivity index (χ0v) is 10.5. The lowest BCUT2D eigenvalue weighted by atomic mass is 10.1. The minimum absolute atomic E-state index is 0.150. The van der Waals surface area contributed by atoms with E-state index in [1.54, 1.807) is 0 Å². The van der Waals surface area contributed by atoms with Crippen molar-refractivity contribution < 1.29 is 28.2 Å². The van der Waals surface area contributed by atoms with Crippen LogP contribution in [0.25, 0.3) is 0 Å². The molecule has 2 rings (SSSR count). The lowest BCUT2D eigenvalue weighted by Gasteiger charge is -2.11. The molecule has 5 nitrogen and oxygen atoms in total. The van der Waals surface area contributed by atoms with Gasteiger partial charge in [0.1, 0.15) is 0 Å². The topological polar surface area (TPSA) is 75.6 Å². The maximum Gasteiger partial charge on any atom is 0.336 e. The number of aromatic carboxylic acids is 1. The van der Waals surface area contributed by atoms with Gasteiger partial charge in [0.05, 0.1) is 17.7 Å². The second kappa shape index (κ2) is 5.96. The summed E-state index contributed by atoms with van der Waals surface area (Å²) in [6, 6.07) is 1.10. The normalized spacial score (nSPS) is 18.0. The predicted octanol–water partition coefficient (Wildman–Crippen LogP) is 1.43. The van der Waals surface area contributed by atoms with Crippen molar-refractivity contribution in [3.63, 3.8) is 0 Å². The summed E-state index contributed by atoms with van der Waals surface area (Å²) in [5.74, 6) is -4.64. The van der Waals surface area contributed by atoms with Gasteiger partial charge in [-0.15, -0.1) is 0 Å². The molecule has 1 aliphatic heterocycles. The minimum Gasteiger partial charge on any atom is -0.478 e. The lowest BCUT2D eigenvalue weighted by molar-refractivity contribution is 0.0690. The summed E-state index contributed by atoms with van der Waals surface area (Å²) in [5, 5.41) is 11.4. The molecule has 1 aromatic rings. The Labute approximate surface area is 113 Å². The van der Waals surface area contributed by atoms with Gasteiger partial charge in [0.2, 0.25) is 0 Å². The Hall–Kier alpha value is -2.02. The van der Waals surface area contributed by atoms with E-state index in [-0.39, 0.29) is 5.92 Å². The number of rotatable bonds is 4. The van der Waals surface area contributed by atoms with Gasteiger partial charge in [-0.25, -0.2) is 13.6 Å². The Bertz CT molecular complexity index is 541. The van der Waals surface area contributed by atoms with Crippen LogP contribution in [0, 0.1) is 17.6 Å². The molecule has 1 heterocycles. The third-order valence-electron chi connectivity index (χ3n) is 3.11. The van der Waals surface area contributed by atoms with Crippen LogP contribution in [0.3, 0.4) is 0 Å². The quantitative estimate of drug-likeness (QED) is 0.877. The molecule has 0 aliphatic carbocycles. The van der Waals surface area contributed by atoms with E-state index in [9.17, 15) is 18.4 Å². The molecule has 0 radical (unpaired) electrons. The average Bonchev–Trinajstić information content (AvgIpc) is 2.91. The van der Waals surface area contributed by atoms with Gasteiger partial charge < -0.3 is 15.2 Å². The van der Waals surface area contributed by atoms with E-state index in [1.165, 1.54) is 0 Å². The van der Waals surface area contributed by atoms with Gasteiger partial charge in [0.25, 0.3) is 5.91 Å². The van der Waals surface area contributed by atoms with Crippen LogP contribution in [-0.2, 0) is 4.74 Å². The smallest absolute Gasteiger partial charge is 0.336 e. The standard InChI is InChI=1S/C13H13F2NO4/c14-10-3-8(9(13(18)19)4-11(10)15)12(17)16-5-7-1-2-20-6-7/h3-4,7H,1-2,5-6H2,(H,16,17)(H,18,19). The fourth-order valence-electron chi connectivity index (χ4n) is 1.99. The number of benzene rings is 1. The number of amides is 1. The van der Waals surface area contributed by atoms with Crippen molar-refractivity contribution in [1.29, 1.82) is 0 Å². The number of ether oxygens (including phenoxy) is 1. The van der Waals surface area contributed by atoms with Crippen LogP contribution in [0.4, 0.5) is 8.78 Å². The number of hydrogen-bond acceptors (Lipinski definition) is 3. The summed E-state index contributed by atoms with van der Waals surface area (Å²) in [7, 11) is 0. The average molecular weight is 285 g/mol. The van der Waals surface area contributed by atoms with Crippen molar-refractivity contribution in [3.05, 3.63) is 34.9 Å². The first-order chi connectivity index (χ1) is 9.49. The molecule has 1 aliphatic rings. The molecule has 1 atom stereocenters. The van der Waals surface area contributed by atoms with E-state index in [1.807, 2.05) is 0 Å². The van der Waals surface area contributed by atoms with Crippen molar-refractivity contribution in [3.8, 4) is 0 Å². The van der Waals surface area contributed by atoms with Crippen molar-refractivity contribution in [2.75, 3.05) is 19.8 Å². The fourth-order valence-corrected chi connectivity index (χ4v) is 1.99. The Morgan fingerprint density at radius 1 is 1.30 bits per heavy atom. The summed E-state index contributed by atoms with van der Waals surface area (Å²) in [6.45, 7) is 1.44. The molecule has 0 bridgehead atoms. The molecule has 2 N–H and O–H groups in total. The largest absolute Gasteiger partial charge is 0.478 e. The van der Waals surface area contributed by atoms with Gasteiger partial charge in [0, 0.05) is 19.1 Å². The molecule has 7 heteroatoms. The minimum atomic E-state index is -1.49. The maximum atomic E-state index is 13.2. The third kappa shape index (κ3) is 3.11. The van der Waals surface area contributed by atoms with Gasteiger partial charge >= 0.3 is 5.97 Å². The molecule has 0 aromatic heterocycles. The molecule has 1 fully saturated rings. The summed E-state index contributed by atoms with van der Waals surface area (Å²) in [5.41, 5.74) is -0.959. The summed E-state index contributed by atoms with van der Waals surface area (Å²) in [4.78, 5) is 22.8. The highest BCUT2D eigenvalue weighted by atomic mass is 19.2. The summed E-state index contributed by atoms with van der Waals surface area (Å²) >= 11 is 0. The van der Waals surface area contributed by atoms with E-state index in [0.717, 1.165) is 6.42 Å². The number of carbonyl (C=O) groups is 2. The Morgan fingerprint density at radius 2 is 1.95 bits per heavy atom. The molecule has 0 spiro atoms. The number of hydrogen-bond donors (Lipinski definition) is 2. The zero-order valence-electron chi connectivity index (χ0n) is 10.5. The lowest BCUT2D eigenvalue weighted by Crippen LogP contribution is -2.31. The third-order valence-corrected chi connectivity index (χ3v) is 3.11. The van der Waals surface area contributed by atoms with Crippen LogP contribution in [0.5, 0.6) is 0 Å². The van der Waals surface area contributed by atoms with Gasteiger partial charge in [-0.3, -0.25) is 4.79 Å². The van der Waals surface area contributed by atoms with Crippen molar-refractivity contribution in [2.45, 2.75) is 6.42 Å². The van der Waals surface area contributed by atoms with Crippen LogP contribution < -0.4 is 5.32 Å². The first kappa shape index (κ1) is 14.4. The van der Waals surface area contributed by atoms with E-state index in [0.29, 0.717) is 31.9 Å². The molecule has 108 valence electrons. The van der Waals surface area contributed by atoms with Crippen molar-refractivity contribution in [1.82, 2.24) is 5.32 Å². The molecule has 1 saturated heterocycles. The monoisotopic (exact) mass is 285 g/mol. The first-order valence-electron chi connectivity index (χ1n) is 6.07. The molecule has 1 amide bonds. The van der Waals surface area contributed by atoms with Gasteiger partial charge in [-0.1, -0.05) is 0 Å². The number of nitrogens with one attached hydrogen (secondary N) is 1. The van der Waals surface area contributed by atoms with E-state index in [2.05, 4.69) is 5.32 Å². The first-order valence-corrected chi connectivity index (χ1v) is 6.07. The fraction of sp³-hybridized carbons (Fsp3) is 0.385. The SMILES string of the molecule is O=C(O)c1cc(F)c(F)cc1C(=O)NCC1CCOC1. The zero-order chi connectivity index (χ0) is 14.7. The Kier molecular flexibility index (Phi) is 4.29. The van der Waals surface area contributed by atoms with Crippen LogP contribution in [0.15, 0.2) is 12.1 Å². The molecule has 1 unspecified atom stereocenters. The van der Waals surface area contributed by atoms with E-state index >= 15 is 0 Å². The molecular formula is C13H13F2NO4. The highest BCUT2D eigenvalue weighted by Crippen LogP contribution is 2.16. The maximum absolute atomic E-state index is 13.2. The molecule has 0 saturated carbocycles. The second-order valence-corrected chi connectivity index (χ2v) is 4.56. The number of halogens is 2.